The molecule has 4 heteroatoms. The molecule has 2 atom stereocenters. The molecule has 5 rings (SSSR count). The maximum Gasteiger partial charge on any atom is 0.355 e. The zero-order chi connectivity index (χ0) is 16.1. The van der Waals surface area contributed by atoms with Crippen molar-refractivity contribution in [2.45, 2.75) is 45.4 Å². The van der Waals surface area contributed by atoms with Crippen molar-refractivity contribution in [2.75, 3.05) is 6.61 Å². The highest BCUT2D eigenvalue weighted by Crippen LogP contribution is 2.54. The highest BCUT2D eigenvalue weighted by molar-refractivity contribution is 7.12. The van der Waals surface area contributed by atoms with Gasteiger partial charge in [0.05, 0.1) is 6.61 Å². The summed E-state index contributed by atoms with van der Waals surface area (Å²) in [7, 11) is 0. The first-order chi connectivity index (χ1) is 11.1. The number of ether oxygens (including phenoxy) is 1. The fraction of sp³-hybridized carbons (Fsp3) is 0.421. The van der Waals surface area contributed by atoms with Crippen molar-refractivity contribution >= 4 is 22.9 Å². The molecule has 2 aromatic heterocycles. The summed E-state index contributed by atoms with van der Waals surface area (Å²) in [4.78, 5) is 18.2. The molecule has 1 N–H and O–H groups in total. The van der Waals surface area contributed by atoms with Crippen LogP contribution in [0.2, 0.25) is 0 Å². The lowest BCUT2D eigenvalue weighted by Crippen LogP contribution is -2.22. The van der Waals surface area contributed by atoms with Crippen molar-refractivity contribution in [3.8, 4) is 0 Å². The summed E-state index contributed by atoms with van der Waals surface area (Å²) in [6, 6.07) is 2.29. The molecule has 3 aliphatic carbocycles. The lowest BCUT2D eigenvalue weighted by Gasteiger charge is -2.36. The number of rotatable bonds is 3. The Balaban J connectivity index is 1.80. The number of thiophene rings is 1. The summed E-state index contributed by atoms with van der Waals surface area (Å²) < 4.78 is 5.24. The predicted octanol–water partition coefficient (Wildman–Crippen LogP) is 4.93. The first-order valence-electron chi connectivity index (χ1n) is 8.27. The first kappa shape index (κ1) is 14.8. The molecule has 2 heterocycles. The third kappa shape index (κ3) is 2.19. The van der Waals surface area contributed by atoms with Gasteiger partial charge in [0.2, 0.25) is 0 Å². The van der Waals surface area contributed by atoms with Gasteiger partial charge in [-0.25, -0.2) is 4.79 Å². The highest BCUT2D eigenvalue weighted by atomic mass is 32.1. The van der Waals surface area contributed by atoms with Gasteiger partial charge in [-0.1, -0.05) is 6.08 Å². The Labute approximate surface area is 140 Å². The minimum Gasteiger partial charge on any atom is -0.461 e. The predicted molar refractivity (Wildman–Crippen MR) is 93.2 cm³/mol. The second-order valence-electron chi connectivity index (χ2n) is 6.44. The van der Waals surface area contributed by atoms with Crippen molar-refractivity contribution in [1.82, 2.24) is 4.98 Å². The summed E-state index contributed by atoms with van der Waals surface area (Å²) in [6.07, 6.45) is 6.72. The third-order valence-corrected chi connectivity index (χ3v) is 6.02. The minimum atomic E-state index is -0.223. The van der Waals surface area contributed by atoms with Crippen molar-refractivity contribution < 1.29 is 9.53 Å². The van der Waals surface area contributed by atoms with Crippen LogP contribution >= 0.6 is 11.3 Å². The van der Waals surface area contributed by atoms with E-state index in [-0.39, 0.29) is 5.97 Å². The second kappa shape index (κ2) is 5.38. The number of aromatic nitrogens is 1. The molecule has 0 fully saturated rings. The highest BCUT2D eigenvalue weighted by Gasteiger charge is 2.39. The Morgan fingerprint density at radius 3 is 2.91 bits per heavy atom. The van der Waals surface area contributed by atoms with E-state index in [2.05, 4.69) is 31.0 Å². The summed E-state index contributed by atoms with van der Waals surface area (Å²) in [5.74, 6) is 0.510. The summed E-state index contributed by atoms with van der Waals surface area (Å²) >= 11 is 1.85. The van der Waals surface area contributed by atoms with E-state index in [9.17, 15) is 4.79 Å². The molecule has 0 aliphatic heterocycles. The molecule has 3 nitrogen and oxygen atoms in total. The summed E-state index contributed by atoms with van der Waals surface area (Å²) in [5.41, 5.74) is 5.90. The zero-order valence-corrected chi connectivity index (χ0v) is 14.5. The van der Waals surface area contributed by atoms with Crippen LogP contribution in [-0.4, -0.2) is 17.6 Å². The van der Waals surface area contributed by atoms with Crippen LogP contribution in [0.4, 0.5) is 0 Å². The van der Waals surface area contributed by atoms with Gasteiger partial charge >= 0.3 is 5.97 Å². The SMILES string of the molecule is CCOC(=O)c1[nH]cc2c1C1CCC2C=C1c1cc(C)sc1C. The number of carbonyl (C=O) groups excluding carboxylic acids is 1. The standard InChI is InChI=1S/C19H21NO2S/c1-4-22-19(21)18-17-13-6-5-12(16(17)9-20-18)8-15(13)14-7-10(2)23-11(14)3/h7-9,12-13,20H,4-6H2,1-3H3. The molecule has 0 saturated carbocycles. The van der Waals surface area contributed by atoms with Gasteiger partial charge in [-0.2, -0.15) is 0 Å². The van der Waals surface area contributed by atoms with Crippen LogP contribution in [0.25, 0.3) is 5.57 Å². The Morgan fingerprint density at radius 2 is 2.22 bits per heavy atom. The zero-order valence-electron chi connectivity index (χ0n) is 13.7. The largest absolute Gasteiger partial charge is 0.461 e. The Bertz CT molecular complexity index is 811. The van der Waals surface area contributed by atoms with E-state index in [1.165, 1.54) is 38.4 Å². The molecule has 0 aromatic carbocycles. The van der Waals surface area contributed by atoms with Gasteiger partial charge in [0.15, 0.2) is 0 Å². The van der Waals surface area contributed by atoms with E-state index < -0.39 is 0 Å². The lowest BCUT2D eigenvalue weighted by molar-refractivity contribution is 0.0518. The van der Waals surface area contributed by atoms with Crippen LogP contribution in [0.15, 0.2) is 18.3 Å². The average Bonchev–Trinajstić information content (AvgIpc) is 3.12. The molecule has 23 heavy (non-hydrogen) atoms. The van der Waals surface area contributed by atoms with Crippen LogP contribution in [0, 0.1) is 13.8 Å². The van der Waals surface area contributed by atoms with E-state index in [0.717, 1.165) is 6.42 Å². The van der Waals surface area contributed by atoms with Crippen LogP contribution in [0.3, 0.4) is 0 Å². The number of carbonyl (C=O) groups is 1. The third-order valence-electron chi connectivity index (χ3n) is 5.05. The van der Waals surface area contributed by atoms with Gasteiger partial charge in [0.25, 0.3) is 0 Å². The van der Waals surface area contributed by atoms with Crippen molar-refractivity contribution in [3.63, 3.8) is 0 Å². The Morgan fingerprint density at radius 1 is 1.39 bits per heavy atom. The van der Waals surface area contributed by atoms with E-state index in [4.69, 9.17) is 4.74 Å². The minimum absolute atomic E-state index is 0.223. The Kier molecular flexibility index (Phi) is 3.45. The maximum atomic E-state index is 12.3. The molecule has 0 radical (unpaired) electrons. The number of fused-ring (bicyclic) bond motifs is 1. The van der Waals surface area contributed by atoms with Crippen molar-refractivity contribution in [1.29, 1.82) is 0 Å². The van der Waals surface area contributed by atoms with E-state index >= 15 is 0 Å². The maximum absolute atomic E-state index is 12.3. The number of aromatic amines is 1. The molecule has 2 unspecified atom stereocenters. The van der Waals surface area contributed by atoms with Crippen LogP contribution in [-0.2, 0) is 4.74 Å². The van der Waals surface area contributed by atoms with E-state index in [1.807, 2.05) is 24.5 Å². The number of esters is 1. The van der Waals surface area contributed by atoms with Crippen molar-refractivity contribution in [2.24, 2.45) is 0 Å². The quantitative estimate of drug-likeness (QED) is 0.812. The van der Waals surface area contributed by atoms with Gasteiger partial charge in [-0.3, -0.25) is 0 Å². The average molecular weight is 327 g/mol. The van der Waals surface area contributed by atoms with Gasteiger partial charge in [-0.05, 0) is 61.9 Å². The fourth-order valence-corrected chi connectivity index (χ4v) is 5.11. The molecule has 0 saturated heterocycles. The van der Waals surface area contributed by atoms with E-state index in [0.29, 0.717) is 24.1 Å². The molecule has 2 bridgehead atoms. The van der Waals surface area contributed by atoms with Crippen molar-refractivity contribution in [3.05, 3.63) is 50.5 Å². The normalized spacial score (nSPS) is 22.0. The second-order valence-corrected chi connectivity index (χ2v) is 7.90. The summed E-state index contributed by atoms with van der Waals surface area (Å²) in [5, 5.41) is 0. The van der Waals surface area contributed by atoms with E-state index in [1.54, 1.807) is 0 Å². The molecule has 2 aromatic rings. The first-order valence-corrected chi connectivity index (χ1v) is 9.09. The summed E-state index contributed by atoms with van der Waals surface area (Å²) in [6.45, 7) is 6.61. The lowest BCUT2D eigenvalue weighted by atomic mass is 9.67. The molecular formula is C19H21NO2S. The van der Waals surface area contributed by atoms with Crippen LogP contribution in [0.5, 0.6) is 0 Å². The molecule has 0 amide bonds. The number of nitrogens with one attached hydrogen (secondary N) is 1. The number of hydrogen-bond acceptors (Lipinski definition) is 3. The Hall–Kier alpha value is -1.81. The number of H-pyrrole nitrogens is 1. The van der Waals surface area contributed by atoms with Crippen LogP contribution in [0.1, 0.15) is 68.5 Å². The fourth-order valence-electron chi connectivity index (χ4n) is 4.16. The topological polar surface area (TPSA) is 42.1 Å². The monoisotopic (exact) mass is 327 g/mol. The van der Waals surface area contributed by atoms with Gasteiger partial charge in [-0.15, -0.1) is 11.3 Å². The van der Waals surface area contributed by atoms with Gasteiger partial charge in [0.1, 0.15) is 5.69 Å². The van der Waals surface area contributed by atoms with Gasteiger partial charge < -0.3 is 9.72 Å². The van der Waals surface area contributed by atoms with Crippen LogP contribution < -0.4 is 0 Å². The smallest absolute Gasteiger partial charge is 0.355 e. The number of aryl methyl sites for hydroxylation is 2. The number of allylic oxidation sites excluding steroid dienone is 2. The molecule has 3 aliphatic rings. The molecular weight excluding hydrogens is 306 g/mol. The van der Waals surface area contributed by atoms with Gasteiger partial charge in [0, 0.05) is 27.8 Å². The molecule has 0 spiro atoms. The molecule has 120 valence electrons. The number of hydrogen-bond donors (Lipinski definition) is 1.